The van der Waals surface area contributed by atoms with E-state index in [-0.39, 0.29) is 0 Å². The number of benzene rings is 1. The van der Waals surface area contributed by atoms with Crippen LogP contribution >= 0.6 is 0 Å². The summed E-state index contributed by atoms with van der Waals surface area (Å²) in [6.07, 6.45) is 2.33. The second kappa shape index (κ2) is 5.91. The summed E-state index contributed by atoms with van der Waals surface area (Å²) in [5.41, 5.74) is 2.26. The van der Waals surface area contributed by atoms with Gasteiger partial charge in [0.05, 0.1) is 11.4 Å². The van der Waals surface area contributed by atoms with E-state index in [0.29, 0.717) is 17.4 Å². The number of nitrogens with one attached hydrogen (secondary N) is 2. The largest absolute Gasteiger partial charge is 0.376 e. The molecule has 6 nitrogen and oxygen atoms in total. The molecule has 23 heavy (non-hydrogen) atoms. The van der Waals surface area contributed by atoms with Crippen LogP contribution in [0.2, 0.25) is 0 Å². The first-order valence-electron chi connectivity index (χ1n) is 7.53. The Morgan fingerprint density at radius 1 is 1.30 bits per heavy atom. The van der Waals surface area contributed by atoms with Gasteiger partial charge in [-0.05, 0) is 31.0 Å². The predicted molar refractivity (Wildman–Crippen MR) is 88.6 cm³/mol. The average molecular weight is 317 g/mol. The number of anilines is 3. The molecule has 1 aromatic carbocycles. The fraction of sp³-hybridized carbons (Fsp3) is 0.375. The lowest BCUT2D eigenvalue weighted by atomic mass is 10.2. The van der Waals surface area contributed by atoms with Gasteiger partial charge in [0.15, 0.2) is 5.82 Å². The summed E-state index contributed by atoms with van der Waals surface area (Å²) < 4.78 is 15.2. The van der Waals surface area contributed by atoms with Crippen molar-refractivity contribution < 1.29 is 9.18 Å². The monoisotopic (exact) mass is 317 g/mol. The smallest absolute Gasteiger partial charge is 0.324 e. The lowest BCUT2D eigenvalue weighted by molar-refractivity contribution is 0.262. The maximum atomic E-state index is 13.4. The number of carbonyl (C=O) groups is 1. The van der Waals surface area contributed by atoms with Gasteiger partial charge < -0.3 is 10.2 Å². The van der Waals surface area contributed by atoms with Crippen LogP contribution < -0.4 is 15.5 Å². The zero-order chi connectivity index (χ0) is 16.6. The van der Waals surface area contributed by atoms with Gasteiger partial charge in [-0.15, -0.1) is 0 Å². The Morgan fingerprint density at radius 2 is 2.04 bits per heavy atom. The maximum Gasteiger partial charge on any atom is 0.324 e. The highest BCUT2D eigenvalue weighted by Gasteiger charge is 2.27. The molecule has 0 saturated heterocycles. The lowest BCUT2D eigenvalue weighted by Crippen LogP contribution is -2.22. The molecule has 2 N–H and O–H groups in total. The number of carbonyl (C=O) groups excluding carboxylic acids is 1. The molecule has 1 heterocycles. The van der Waals surface area contributed by atoms with Gasteiger partial charge in [-0.2, -0.15) is 5.10 Å². The van der Waals surface area contributed by atoms with Gasteiger partial charge in [-0.25, -0.2) is 9.18 Å². The van der Waals surface area contributed by atoms with Gasteiger partial charge in [0.25, 0.3) is 0 Å². The maximum absolute atomic E-state index is 13.4. The number of hydrogen-bond donors (Lipinski definition) is 2. The van der Waals surface area contributed by atoms with E-state index in [1.807, 2.05) is 27.2 Å². The Morgan fingerprint density at radius 3 is 2.70 bits per heavy atom. The third kappa shape index (κ3) is 3.44. The minimum absolute atomic E-state index is 0.403. The predicted octanol–water partition coefficient (Wildman–Crippen LogP) is 3.15. The van der Waals surface area contributed by atoms with Crippen molar-refractivity contribution in [2.75, 3.05) is 29.6 Å². The van der Waals surface area contributed by atoms with Crippen molar-refractivity contribution in [3.63, 3.8) is 0 Å². The number of rotatable bonds is 4. The van der Waals surface area contributed by atoms with Crippen molar-refractivity contribution in [3.05, 3.63) is 35.8 Å². The molecule has 0 spiro atoms. The second-order valence-corrected chi connectivity index (χ2v) is 5.99. The fourth-order valence-electron chi connectivity index (χ4n) is 2.57. The van der Waals surface area contributed by atoms with Crippen LogP contribution in [0.25, 0.3) is 0 Å². The molecule has 0 unspecified atom stereocenters. The molecule has 0 radical (unpaired) electrons. The zero-order valence-corrected chi connectivity index (χ0v) is 13.4. The van der Waals surface area contributed by atoms with Crippen LogP contribution in [-0.2, 0) is 7.05 Å². The van der Waals surface area contributed by atoms with E-state index in [4.69, 9.17) is 0 Å². The lowest BCUT2D eigenvalue weighted by Gasteiger charge is -2.17. The summed E-state index contributed by atoms with van der Waals surface area (Å²) in [6.45, 7) is 0. The van der Waals surface area contributed by atoms with E-state index < -0.39 is 11.8 Å². The molecule has 1 saturated carbocycles. The van der Waals surface area contributed by atoms with Gasteiger partial charge in [-0.3, -0.25) is 10.00 Å². The number of halogens is 1. The third-order valence-corrected chi connectivity index (χ3v) is 3.84. The molecule has 0 bridgehead atoms. The number of urea groups is 1. The Bertz CT molecular complexity index is 736. The molecule has 1 aromatic heterocycles. The van der Waals surface area contributed by atoms with Gasteiger partial charge in [-0.1, -0.05) is 0 Å². The van der Waals surface area contributed by atoms with Crippen molar-refractivity contribution in [1.29, 1.82) is 0 Å². The van der Waals surface area contributed by atoms with Crippen molar-refractivity contribution in [2.45, 2.75) is 18.8 Å². The van der Waals surface area contributed by atoms with Crippen LogP contribution in [0.5, 0.6) is 0 Å². The van der Waals surface area contributed by atoms with Gasteiger partial charge in [0, 0.05) is 38.8 Å². The number of nitrogens with zero attached hydrogens (tertiary/aromatic N) is 3. The van der Waals surface area contributed by atoms with Crippen molar-refractivity contribution in [1.82, 2.24) is 9.78 Å². The van der Waals surface area contributed by atoms with Gasteiger partial charge >= 0.3 is 6.03 Å². The van der Waals surface area contributed by atoms with Gasteiger partial charge in [0.1, 0.15) is 5.82 Å². The molecular weight excluding hydrogens is 297 g/mol. The molecule has 1 fully saturated rings. The number of hydrogen-bond acceptors (Lipinski definition) is 3. The van der Waals surface area contributed by atoms with Crippen LogP contribution in [0.4, 0.5) is 26.4 Å². The normalized spacial score (nSPS) is 13.7. The van der Waals surface area contributed by atoms with Crippen molar-refractivity contribution in [3.8, 4) is 0 Å². The quantitative estimate of drug-likeness (QED) is 0.910. The molecule has 2 aromatic rings. The molecule has 0 aliphatic heterocycles. The topological polar surface area (TPSA) is 62.2 Å². The number of aromatic nitrogens is 2. The summed E-state index contributed by atoms with van der Waals surface area (Å²) >= 11 is 0. The fourth-order valence-corrected chi connectivity index (χ4v) is 2.57. The highest BCUT2D eigenvalue weighted by molar-refractivity contribution is 6.01. The van der Waals surface area contributed by atoms with Crippen molar-refractivity contribution >= 4 is 23.2 Å². The van der Waals surface area contributed by atoms with Crippen LogP contribution in [0, 0.1) is 5.82 Å². The molecule has 0 atom stereocenters. The Labute approximate surface area is 134 Å². The van der Waals surface area contributed by atoms with Crippen molar-refractivity contribution in [2.24, 2.45) is 7.05 Å². The Balaban J connectivity index is 1.72. The zero-order valence-electron chi connectivity index (χ0n) is 13.4. The van der Waals surface area contributed by atoms with E-state index in [2.05, 4.69) is 15.7 Å². The molecule has 1 aliphatic rings. The first kappa shape index (κ1) is 15.3. The van der Waals surface area contributed by atoms with Crippen LogP contribution in [0.3, 0.4) is 0 Å². The average Bonchev–Trinajstić information content (AvgIpc) is 3.23. The third-order valence-electron chi connectivity index (χ3n) is 3.84. The first-order chi connectivity index (χ1) is 10.9. The van der Waals surface area contributed by atoms with E-state index in [9.17, 15) is 9.18 Å². The summed E-state index contributed by atoms with van der Waals surface area (Å²) in [5, 5.41) is 9.66. The summed E-state index contributed by atoms with van der Waals surface area (Å²) in [6, 6.07) is 5.72. The standard InChI is InChI=1S/C16H20FN5O/c1-21(2)13-7-6-11(17)8-12(13)18-16(23)19-15-9-14(10-4-5-10)22(3)20-15/h6-10H,4-5H2,1-3H3,(H2,18,19,20,23). The first-order valence-corrected chi connectivity index (χ1v) is 7.53. The summed E-state index contributed by atoms with van der Waals surface area (Å²) in [5.74, 6) is 0.643. The molecule has 2 amide bonds. The molecule has 122 valence electrons. The number of aryl methyl sites for hydroxylation is 1. The Kier molecular flexibility index (Phi) is 3.94. The van der Waals surface area contributed by atoms with E-state index >= 15 is 0 Å². The van der Waals surface area contributed by atoms with E-state index in [1.54, 1.807) is 15.6 Å². The molecule has 1 aliphatic carbocycles. The highest BCUT2D eigenvalue weighted by atomic mass is 19.1. The molecular formula is C16H20FN5O. The number of amides is 2. The summed E-state index contributed by atoms with van der Waals surface area (Å²) in [7, 11) is 5.53. The second-order valence-electron chi connectivity index (χ2n) is 5.99. The summed E-state index contributed by atoms with van der Waals surface area (Å²) in [4.78, 5) is 14.0. The van der Waals surface area contributed by atoms with Crippen LogP contribution in [0.15, 0.2) is 24.3 Å². The van der Waals surface area contributed by atoms with Crippen LogP contribution in [-0.4, -0.2) is 29.9 Å². The molecule has 3 rings (SSSR count). The SMILES string of the molecule is CN(C)c1ccc(F)cc1NC(=O)Nc1cc(C2CC2)n(C)n1. The highest BCUT2D eigenvalue weighted by Crippen LogP contribution is 2.40. The van der Waals surface area contributed by atoms with Gasteiger partial charge in [0.2, 0.25) is 0 Å². The van der Waals surface area contributed by atoms with E-state index in [0.717, 1.165) is 11.4 Å². The van der Waals surface area contributed by atoms with Crippen LogP contribution in [0.1, 0.15) is 24.5 Å². The molecule has 7 heteroatoms. The van der Waals surface area contributed by atoms with E-state index in [1.165, 1.54) is 25.0 Å². The minimum Gasteiger partial charge on any atom is -0.376 e. The Hall–Kier alpha value is -2.57. The minimum atomic E-state index is -0.445.